The lowest BCUT2D eigenvalue weighted by Gasteiger charge is -2.13. The molecule has 0 atom stereocenters. The fraction of sp³-hybridized carbons (Fsp3) is 0.263. The monoisotopic (exact) mass is 294 g/mol. The highest BCUT2D eigenvalue weighted by Gasteiger charge is 2.11. The molecule has 0 aliphatic rings. The van der Waals surface area contributed by atoms with Gasteiger partial charge in [0.25, 0.3) is 0 Å². The third-order valence-corrected chi connectivity index (χ3v) is 3.79. The van der Waals surface area contributed by atoms with Crippen LogP contribution >= 0.6 is 0 Å². The molecule has 0 bridgehead atoms. The summed E-state index contributed by atoms with van der Waals surface area (Å²) in [5.41, 5.74) is 6.09. The van der Waals surface area contributed by atoms with Crippen molar-refractivity contribution < 1.29 is 4.79 Å². The van der Waals surface area contributed by atoms with Crippen molar-refractivity contribution in [2.24, 2.45) is 0 Å². The molecule has 0 aliphatic heterocycles. The largest absolute Gasteiger partial charge is 0.296 e. The van der Waals surface area contributed by atoms with Crippen molar-refractivity contribution in [1.82, 2.24) is 9.78 Å². The molecule has 3 heteroatoms. The van der Waals surface area contributed by atoms with E-state index in [4.69, 9.17) is 0 Å². The van der Waals surface area contributed by atoms with Gasteiger partial charge in [0, 0.05) is 11.3 Å². The number of benzene rings is 1. The minimum Gasteiger partial charge on any atom is -0.296 e. The number of aldehydes is 1. The van der Waals surface area contributed by atoms with Gasteiger partial charge in [0.1, 0.15) is 5.69 Å². The fourth-order valence-corrected chi connectivity index (χ4v) is 2.66. The van der Waals surface area contributed by atoms with Crippen molar-refractivity contribution >= 4 is 12.0 Å². The van der Waals surface area contributed by atoms with Crippen molar-refractivity contribution in [1.29, 1.82) is 0 Å². The fourth-order valence-electron chi connectivity index (χ4n) is 2.66. The predicted molar refractivity (Wildman–Crippen MR) is 91.1 cm³/mol. The van der Waals surface area contributed by atoms with Crippen LogP contribution in [0.4, 0.5) is 0 Å². The summed E-state index contributed by atoms with van der Waals surface area (Å²) in [4.78, 5) is 11.0. The first-order valence-corrected chi connectivity index (χ1v) is 7.61. The number of aromatic nitrogens is 2. The third kappa shape index (κ3) is 3.08. The second-order valence-electron chi connectivity index (χ2n) is 5.22. The number of hydrogen-bond donors (Lipinski definition) is 0. The minimum absolute atomic E-state index is 0.438. The van der Waals surface area contributed by atoms with E-state index in [1.54, 1.807) is 16.8 Å². The van der Waals surface area contributed by atoms with Gasteiger partial charge in [-0.2, -0.15) is 5.10 Å². The van der Waals surface area contributed by atoms with Crippen molar-refractivity contribution in [2.75, 3.05) is 0 Å². The molecular weight excluding hydrogens is 272 g/mol. The summed E-state index contributed by atoms with van der Waals surface area (Å²) < 4.78 is 1.80. The molecule has 0 spiro atoms. The van der Waals surface area contributed by atoms with Crippen molar-refractivity contribution in [3.63, 3.8) is 0 Å². The normalized spacial score (nSPS) is 11.5. The van der Waals surface area contributed by atoms with Crippen LogP contribution in [0.5, 0.6) is 0 Å². The first kappa shape index (κ1) is 16.0. The highest BCUT2D eigenvalue weighted by atomic mass is 16.1. The van der Waals surface area contributed by atoms with E-state index in [2.05, 4.69) is 43.7 Å². The van der Waals surface area contributed by atoms with Crippen LogP contribution in [0.25, 0.3) is 5.70 Å². The SMILES string of the molecule is C=C/C=C(/c1ccc(CC)c(CC)c1)n1nc(C=O)cc1C. The Hall–Kier alpha value is -2.42. The topological polar surface area (TPSA) is 34.9 Å². The van der Waals surface area contributed by atoms with E-state index in [0.29, 0.717) is 5.69 Å². The first-order chi connectivity index (χ1) is 10.6. The molecule has 2 rings (SSSR count). The molecule has 2 aromatic rings. The molecule has 0 aliphatic carbocycles. The smallest absolute Gasteiger partial charge is 0.170 e. The minimum atomic E-state index is 0.438. The average molecular weight is 294 g/mol. The summed E-state index contributed by atoms with van der Waals surface area (Å²) in [7, 11) is 0. The summed E-state index contributed by atoms with van der Waals surface area (Å²) >= 11 is 0. The highest BCUT2D eigenvalue weighted by Crippen LogP contribution is 2.23. The van der Waals surface area contributed by atoms with Gasteiger partial charge in [0.05, 0.1) is 5.70 Å². The number of carbonyl (C=O) groups excluding carboxylic acids is 1. The van der Waals surface area contributed by atoms with Gasteiger partial charge in [-0.3, -0.25) is 4.79 Å². The van der Waals surface area contributed by atoms with Crippen LogP contribution in [0.15, 0.2) is 43.0 Å². The van der Waals surface area contributed by atoms with E-state index in [-0.39, 0.29) is 0 Å². The summed E-state index contributed by atoms with van der Waals surface area (Å²) in [5.74, 6) is 0. The quantitative estimate of drug-likeness (QED) is 0.591. The van der Waals surface area contributed by atoms with Crippen LogP contribution in [-0.2, 0) is 12.8 Å². The number of aryl methyl sites for hydroxylation is 3. The lowest BCUT2D eigenvalue weighted by atomic mass is 9.98. The molecule has 0 saturated heterocycles. The molecule has 1 aromatic carbocycles. The van der Waals surface area contributed by atoms with Crippen LogP contribution < -0.4 is 0 Å². The van der Waals surface area contributed by atoms with Gasteiger partial charge in [0.2, 0.25) is 0 Å². The molecule has 3 nitrogen and oxygen atoms in total. The Morgan fingerprint density at radius 1 is 1.23 bits per heavy atom. The summed E-state index contributed by atoms with van der Waals surface area (Å²) in [6.45, 7) is 10.1. The van der Waals surface area contributed by atoms with Gasteiger partial charge < -0.3 is 0 Å². The zero-order chi connectivity index (χ0) is 16.1. The van der Waals surface area contributed by atoms with E-state index >= 15 is 0 Å². The second kappa shape index (κ2) is 7.03. The molecule has 0 unspecified atom stereocenters. The summed E-state index contributed by atoms with van der Waals surface area (Å²) in [6, 6.07) is 8.26. The number of allylic oxidation sites excluding steroid dienone is 2. The molecule has 1 heterocycles. The Labute approximate surface area is 132 Å². The molecule has 114 valence electrons. The van der Waals surface area contributed by atoms with Crippen molar-refractivity contribution in [3.05, 3.63) is 71.1 Å². The molecule has 0 fully saturated rings. The van der Waals surface area contributed by atoms with Crippen molar-refractivity contribution in [2.45, 2.75) is 33.6 Å². The molecule has 22 heavy (non-hydrogen) atoms. The van der Waals surface area contributed by atoms with Crippen molar-refractivity contribution in [3.8, 4) is 0 Å². The molecule has 1 aromatic heterocycles. The predicted octanol–water partition coefficient (Wildman–Crippen LogP) is 4.20. The Kier molecular flexibility index (Phi) is 5.10. The number of carbonyl (C=O) groups is 1. The van der Waals surface area contributed by atoms with Gasteiger partial charge in [0.15, 0.2) is 6.29 Å². The highest BCUT2D eigenvalue weighted by molar-refractivity contribution is 5.74. The Morgan fingerprint density at radius 2 is 1.95 bits per heavy atom. The van der Waals surface area contributed by atoms with Crippen LogP contribution in [0.3, 0.4) is 0 Å². The summed E-state index contributed by atoms with van der Waals surface area (Å²) in [5, 5.41) is 4.35. The van der Waals surface area contributed by atoms with E-state index in [1.165, 1.54) is 11.1 Å². The lowest BCUT2D eigenvalue weighted by Crippen LogP contribution is -2.05. The Balaban J connectivity index is 2.57. The lowest BCUT2D eigenvalue weighted by molar-refractivity contribution is 0.111. The first-order valence-electron chi connectivity index (χ1n) is 7.61. The number of hydrogen-bond acceptors (Lipinski definition) is 2. The maximum atomic E-state index is 11.0. The van der Waals surface area contributed by atoms with Gasteiger partial charge in [-0.05, 0) is 49.1 Å². The van der Waals surface area contributed by atoms with Gasteiger partial charge >= 0.3 is 0 Å². The molecule has 0 radical (unpaired) electrons. The van der Waals surface area contributed by atoms with E-state index in [9.17, 15) is 4.79 Å². The molecule has 0 amide bonds. The zero-order valence-corrected chi connectivity index (χ0v) is 13.5. The maximum absolute atomic E-state index is 11.0. The second-order valence-corrected chi connectivity index (χ2v) is 5.22. The average Bonchev–Trinajstić information content (AvgIpc) is 2.92. The van der Waals surface area contributed by atoms with Gasteiger partial charge in [-0.15, -0.1) is 0 Å². The standard InChI is InChI=1S/C19H22N2O/c1-5-8-19(21-14(4)11-18(13-22)20-21)17-10-9-15(6-2)16(7-3)12-17/h5,8-13H,1,6-7H2,2-4H3/b19-8-. The third-order valence-electron chi connectivity index (χ3n) is 3.79. The molecule has 0 saturated carbocycles. The Morgan fingerprint density at radius 3 is 2.50 bits per heavy atom. The number of rotatable bonds is 6. The van der Waals surface area contributed by atoms with E-state index in [0.717, 1.165) is 36.1 Å². The van der Waals surface area contributed by atoms with Crippen LogP contribution in [-0.4, -0.2) is 16.1 Å². The van der Waals surface area contributed by atoms with Gasteiger partial charge in [-0.1, -0.05) is 38.6 Å². The molecular formula is C19H22N2O. The Bertz CT molecular complexity index is 723. The van der Waals surface area contributed by atoms with Crippen LogP contribution in [0, 0.1) is 6.92 Å². The van der Waals surface area contributed by atoms with E-state index in [1.807, 2.05) is 13.0 Å². The van der Waals surface area contributed by atoms with Gasteiger partial charge in [-0.25, -0.2) is 4.68 Å². The van der Waals surface area contributed by atoms with E-state index < -0.39 is 0 Å². The summed E-state index contributed by atoms with van der Waals surface area (Å²) in [6.07, 6.45) is 6.47. The van der Waals surface area contributed by atoms with Crippen LogP contribution in [0.1, 0.15) is 46.7 Å². The zero-order valence-electron chi connectivity index (χ0n) is 13.5. The maximum Gasteiger partial charge on any atom is 0.170 e. The number of nitrogens with zero attached hydrogens (tertiary/aromatic N) is 2. The molecule has 0 N–H and O–H groups in total. The van der Waals surface area contributed by atoms with Crippen LogP contribution in [0.2, 0.25) is 0 Å².